The maximum atomic E-state index is 12.7. The van der Waals surface area contributed by atoms with Crippen molar-refractivity contribution < 1.29 is 13.2 Å². The van der Waals surface area contributed by atoms with Gasteiger partial charge in [0, 0.05) is 45.8 Å². The third-order valence-electron chi connectivity index (χ3n) is 3.60. The van der Waals surface area contributed by atoms with Gasteiger partial charge < -0.3 is 10.6 Å². The molecule has 2 N–H and O–H groups in total. The van der Waals surface area contributed by atoms with Crippen molar-refractivity contribution in [2.45, 2.75) is 31.7 Å². The summed E-state index contributed by atoms with van der Waals surface area (Å²) in [7, 11) is -3.67. The van der Waals surface area contributed by atoms with Gasteiger partial charge in [-0.3, -0.25) is 9.48 Å². The van der Waals surface area contributed by atoms with E-state index in [-0.39, 0.29) is 23.2 Å². The van der Waals surface area contributed by atoms with Gasteiger partial charge in [0.25, 0.3) is 0 Å². The Morgan fingerprint density at radius 1 is 1.33 bits per heavy atom. The summed E-state index contributed by atoms with van der Waals surface area (Å²) in [6.07, 6.45) is 2.07. The number of anilines is 1. The molecule has 0 aliphatic carbocycles. The second kappa shape index (κ2) is 6.02. The molecule has 0 radical (unpaired) electrons. The van der Waals surface area contributed by atoms with Gasteiger partial charge in [0.05, 0.1) is 0 Å². The lowest BCUT2D eigenvalue weighted by atomic mass is 10.4. The summed E-state index contributed by atoms with van der Waals surface area (Å²) in [5, 5.41) is 3.98. The number of nitrogens with two attached hydrogens (primary N) is 1. The standard InChI is InChI=1S/C12H21N5O3S/c1-3-16-9-11(12(13)14-16)21(19,20)17-6-4-5-15(7-8-17)10(2)18/h9H,3-8H2,1-2H3,(H2,13,14). The molecule has 2 rings (SSSR count). The molecule has 9 heteroatoms. The quantitative estimate of drug-likeness (QED) is 0.827. The molecule has 118 valence electrons. The van der Waals surface area contributed by atoms with Crippen molar-refractivity contribution in [1.82, 2.24) is 19.0 Å². The first-order chi connectivity index (χ1) is 9.86. The Morgan fingerprint density at radius 3 is 2.62 bits per heavy atom. The number of rotatable bonds is 3. The lowest BCUT2D eigenvalue weighted by Crippen LogP contribution is -2.36. The van der Waals surface area contributed by atoms with Crippen LogP contribution in [-0.2, 0) is 21.4 Å². The summed E-state index contributed by atoms with van der Waals surface area (Å²) in [5.41, 5.74) is 5.72. The van der Waals surface area contributed by atoms with Gasteiger partial charge in [-0.1, -0.05) is 0 Å². The molecular weight excluding hydrogens is 294 g/mol. The Hall–Kier alpha value is -1.61. The van der Waals surface area contributed by atoms with Gasteiger partial charge in [0.2, 0.25) is 15.9 Å². The van der Waals surface area contributed by atoms with Crippen LogP contribution < -0.4 is 5.73 Å². The molecule has 0 unspecified atom stereocenters. The highest BCUT2D eigenvalue weighted by atomic mass is 32.2. The average molecular weight is 315 g/mol. The third kappa shape index (κ3) is 3.18. The fraction of sp³-hybridized carbons (Fsp3) is 0.667. The highest BCUT2D eigenvalue weighted by molar-refractivity contribution is 7.89. The largest absolute Gasteiger partial charge is 0.381 e. The van der Waals surface area contributed by atoms with E-state index in [1.54, 1.807) is 4.90 Å². The zero-order valence-corrected chi connectivity index (χ0v) is 13.1. The molecule has 1 aromatic rings. The lowest BCUT2D eigenvalue weighted by Gasteiger charge is -2.20. The van der Waals surface area contributed by atoms with Crippen molar-refractivity contribution in [1.29, 1.82) is 0 Å². The van der Waals surface area contributed by atoms with Crippen LogP contribution in [0.3, 0.4) is 0 Å². The van der Waals surface area contributed by atoms with Crippen molar-refractivity contribution >= 4 is 21.7 Å². The number of carbonyl (C=O) groups excluding carboxylic acids is 1. The molecule has 1 fully saturated rings. The number of nitrogens with zero attached hydrogens (tertiary/aromatic N) is 4. The van der Waals surface area contributed by atoms with E-state index in [0.717, 1.165) is 0 Å². The molecule has 0 atom stereocenters. The van der Waals surface area contributed by atoms with Crippen LogP contribution >= 0.6 is 0 Å². The smallest absolute Gasteiger partial charge is 0.248 e. The Balaban J connectivity index is 2.23. The molecule has 0 aromatic carbocycles. The Kier molecular flexibility index (Phi) is 4.52. The molecule has 1 aromatic heterocycles. The van der Waals surface area contributed by atoms with E-state index < -0.39 is 10.0 Å². The number of aryl methyl sites for hydroxylation is 1. The summed E-state index contributed by atoms with van der Waals surface area (Å²) in [6.45, 7) is 5.54. The normalized spacial score (nSPS) is 17.7. The Labute approximate surface area is 124 Å². The number of nitrogen functional groups attached to an aromatic ring is 1. The first-order valence-corrected chi connectivity index (χ1v) is 8.39. The molecule has 1 aliphatic rings. The molecule has 0 saturated carbocycles. The Morgan fingerprint density at radius 2 is 2.05 bits per heavy atom. The van der Waals surface area contributed by atoms with Gasteiger partial charge in [0.15, 0.2) is 5.82 Å². The summed E-state index contributed by atoms with van der Waals surface area (Å²) in [6, 6.07) is 0. The molecule has 1 amide bonds. The minimum Gasteiger partial charge on any atom is -0.381 e. The van der Waals surface area contributed by atoms with E-state index in [1.165, 1.54) is 22.1 Å². The van der Waals surface area contributed by atoms with Gasteiger partial charge in [-0.2, -0.15) is 9.40 Å². The van der Waals surface area contributed by atoms with Crippen molar-refractivity contribution in [2.24, 2.45) is 0 Å². The van der Waals surface area contributed by atoms with Crippen LogP contribution in [0.2, 0.25) is 0 Å². The topological polar surface area (TPSA) is 102 Å². The second-order valence-electron chi connectivity index (χ2n) is 5.00. The number of hydrogen-bond acceptors (Lipinski definition) is 5. The SMILES string of the molecule is CCn1cc(S(=O)(=O)N2CCCN(C(C)=O)CC2)c(N)n1. The predicted molar refractivity (Wildman–Crippen MR) is 77.9 cm³/mol. The summed E-state index contributed by atoms with van der Waals surface area (Å²) >= 11 is 0. The number of carbonyl (C=O) groups is 1. The number of hydrogen-bond donors (Lipinski definition) is 1. The van der Waals surface area contributed by atoms with Crippen LogP contribution in [0.25, 0.3) is 0 Å². The highest BCUT2D eigenvalue weighted by Crippen LogP contribution is 2.22. The zero-order chi connectivity index (χ0) is 15.6. The molecule has 0 spiro atoms. The van der Waals surface area contributed by atoms with Crippen molar-refractivity contribution in [3.63, 3.8) is 0 Å². The molecule has 0 bridgehead atoms. The molecule has 1 aliphatic heterocycles. The van der Waals surface area contributed by atoms with Gasteiger partial charge in [0.1, 0.15) is 4.90 Å². The first-order valence-electron chi connectivity index (χ1n) is 6.95. The van der Waals surface area contributed by atoms with Crippen LogP contribution in [0.1, 0.15) is 20.3 Å². The van der Waals surface area contributed by atoms with E-state index in [9.17, 15) is 13.2 Å². The molecule has 21 heavy (non-hydrogen) atoms. The monoisotopic (exact) mass is 315 g/mol. The average Bonchev–Trinajstić information content (AvgIpc) is 2.65. The highest BCUT2D eigenvalue weighted by Gasteiger charge is 2.30. The Bertz CT molecular complexity index is 625. The summed E-state index contributed by atoms with van der Waals surface area (Å²) in [5.74, 6) is -0.0166. The van der Waals surface area contributed by atoms with E-state index in [4.69, 9.17) is 5.73 Å². The number of sulfonamides is 1. The summed E-state index contributed by atoms with van der Waals surface area (Å²) < 4.78 is 28.2. The third-order valence-corrected chi connectivity index (χ3v) is 5.51. The van der Waals surface area contributed by atoms with Crippen LogP contribution in [0.5, 0.6) is 0 Å². The second-order valence-corrected chi connectivity index (χ2v) is 6.90. The fourth-order valence-electron chi connectivity index (χ4n) is 2.37. The van der Waals surface area contributed by atoms with E-state index in [2.05, 4.69) is 5.10 Å². The lowest BCUT2D eigenvalue weighted by molar-refractivity contribution is -0.128. The number of aromatic nitrogens is 2. The van der Waals surface area contributed by atoms with Gasteiger partial charge >= 0.3 is 0 Å². The summed E-state index contributed by atoms with van der Waals surface area (Å²) in [4.78, 5) is 13.1. The molecular formula is C12H21N5O3S. The molecule has 2 heterocycles. The number of amides is 1. The van der Waals surface area contributed by atoms with E-state index in [0.29, 0.717) is 32.6 Å². The van der Waals surface area contributed by atoms with E-state index in [1.807, 2.05) is 6.92 Å². The van der Waals surface area contributed by atoms with Crippen LogP contribution in [-0.4, -0.2) is 59.5 Å². The van der Waals surface area contributed by atoms with Crippen molar-refractivity contribution in [3.05, 3.63) is 6.20 Å². The van der Waals surface area contributed by atoms with Crippen LogP contribution in [0.4, 0.5) is 5.82 Å². The predicted octanol–water partition coefficient (Wildman–Crippen LogP) is -0.272. The van der Waals surface area contributed by atoms with Crippen LogP contribution in [0, 0.1) is 0 Å². The van der Waals surface area contributed by atoms with E-state index >= 15 is 0 Å². The first kappa shape index (κ1) is 15.8. The minimum atomic E-state index is -3.67. The van der Waals surface area contributed by atoms with Crippen LogP contribution in [0.15, 0.2) is 11.1 Å². The molecule has 8 nitrogen and oxygen atoms in total. The maximum Gasteiger partial charge on any atom is 0.248 e. The maximum absolute atomic E-state index is 12.7. The zero-order valence-electron chi connectivity index (χ0n) is 12.3. The van der Waals surface area contributed by atoms with Gasteiger partial charge in [-0.25, -0.2) is 8.42 Å². The minimum absolute atomic E-state index is 0.0181. The van der Waals surface area contributed by atoms with Crippen molar-refractivity contribution in [2.75, 3.05) is 31.9 Å². The molecule has 1 saturated heterocycles. The van der Waals surface area contributed by atoms with Crippen molar-refractivity contribution in [3.8, 4) is 0 Å². The fourth-order valence-corrected chi connectivity index (χ4v) is 3.90. The van der Waals surface area contributed by atoms with Gasteiger partial charge in [-0.15, -0.1) is 0 Å². The van der Waals surface area contributed by atoms with Gasteiger partial charge in [-0.05, 0) is 13.3 Å².